The van der Waals surface area contributed by atoms with Crippen LogP contribution in [0, 0.1) is 23.7 Å². The summed E-state index contributed by atoms with van der Waals surface area (Å²) in [4.78, 5) is 14.8. The monoisotopic (exact) mass is 778 g/mol. The normalized spacial score (nSPS) is 27.4. The minimum absolute atomic E-state index is 0.180. The molecule has 4 bridgehead atoms. The van der Waals surface area contributed by atoms with Crippen molar-refractivity contribution in [2.24, 2.45) is 23.7 Å². The van der Waals surface area contributed by atoms with Gasteiger partial charge in [0, 0.05) is 47.4 Å². The molecule has 0 amide bonds. The first-order valence-electron chi connectivity index (χ1n) is 21.5. The summed E-state index contributed by atoms with van der Waals surface area (Å²) in [6, 6.07) is 25.1. The Morgan fingerprint density at radius 2 is 1.07 bits per heavy atom. The number of methoxy groups -OCH3 is 2. The number of ether oxygens (including phenoxy) is 4. The van der Waals surface area contributed by atoms with Gasteiger partial charge in [0.2, 0.25) is 11.8 Å². The van der Waals surface area contributed by atoms with E-state index in [0.29, 0.717) is 35.4 Å². The molecule has 0 saturated carbocycles. The molecule has 3 aromatic heterocycles. The number of hydrogen-bond donors (Lipinski definition) is 0. The van der Waals surface area contributed by atoms with E-state index >= 15 is 0 Å². The van der Waals surface area contributed by atoms with Gasteiger partial charge in [0.1, 0.15) is 23.7 Å². The molecule has 0 spiro atoms. The molecule has 0 radical (unpaired) electrons. The van der Waals surface area contributed by atoms with Crippen molar-refractivity contribution in [1.82, 2.24) is 30.0 Å². The van der Waals surface area contributed by atoms with E-state index in [4.69, 9.17) is 39.1 Å². The van der Waals surface area contributed by atoms with Crippen LogP contribution in [0.5, 0.6) is 23.3 Å². The summed E-state index contributed by atoms with van der Waals surface area (Å²) in [5, 5.41) is 13.7. The van der Waals surface area contributed by atoms with Crippen molar-refractivity contribution in [2.75, 3.05) is 40.4 Å². The summed E-state index contributed by atoms with van der Waals surface area (Å²) >= 11 is 0. The third-order valence-electron chi connectivity index (χ3n) is 14.3. The van der Waals surface area contributed by atoms with E-state index in [9.17, 15) is 0 Å². The highest BCUT2D eigenvalue weighted by molar-refractivity contribution is 5.91. The van der Waals surface area contributed by atoms with Gasteiger partial charge in [-0.2, -0.15) is 0 Å². The summed E-state index contributed by atoms with van der Waals surface area (Å²) in [6.07, 6.45) is 10.2. The molecule has 300 valence electrons. The van der Waals surface area contributed by atoms with E-state index in [1.54, 1.807) is 14.2 Å². The molecule has 6 aromatic rings. The Morgan fingerprint density at radius 1 is 0.603 bits per heavy atom. The summed E-state index contributed by atoms with van der Waals surface area (Å²) in [7, 11) is 3.42. The van der Waals surface area contributed by atoms with Gasteiger partial charge in [-0.15, -0.1) is 10.2 Å². The summed E-state index contributed by atoms with van der Waals surface area (Å²) < 4.78 is 26.0. The molecule has 10 atom stereocenters. The average Bonchev–Trinajstić information content (AvgIpc) is 3.29. The van der Waals surface area contributed by atoms with Crippen LogP contribution < -0.4 is 18.9 Å². The third kappa shape index (κ3) is 6.58. The number of piperidine rings is 6. The van der Waals surface area contributed by atoms with Crippen LogP contribution in [0.3, 0.4) is 0 Å². The minimum Gasteiger partial charge on any atom is -0.497 e. The standard InChI is InChI=1S/C48H54N6O4/c1-5-29-27-53-21-17-31(29)23-43(53)45(35-15-19-49-41-13-11-33(55-3)25-39(35)41)57-47-37-9-7-8-10-38(37)48(52-51-47)58-46(44-24-32-18-22-54(44)28-30(32)6-2)36-16-20-50-42-14-12-34(56-4)26-40(36)42/h7-16,19-20,25-26,29-32,43-46H,5-6,17-18,21-24,27-28H2,1-4H3/t29-,30-,31-,32-,43?,44?,45?,46?/m0/s1. The Balaban J connectivity index is 1.06. The molecule has 0 aliphatic carbocycles. The van der Waals surface area contributed by atoms with Gasteiger partial charge in [-0.05, 0) is 123 Å². The van der Waals surface area contributed by atoms with Gasteiger partial charge in [0.05, 0.1) is 48.1 Å². The average molecular weight is 779 g/mol. The number of nitrogens with zero attached hydrogens (tertiary/aromatic N) is 6. The minimum atomic E-state index is -0.300. The van der Waals surface area contributed by atoms with Gasteiger partial charge in [-0.25, -0.2) is 0 Å². The van der Waals surface area contributed by atoms with E-state index in [2.05, 4.69) is 72.2 Å². The van der Waals surface area contributed by atoms with Crippen LogP contribution in [0.1, 0.15) is 75.7 Å². The fraction of sp³-hybridized carbons (Fsp3) is 0.458. The van der Waals surface area contributed by atoms with Gasteiger partial charge in [-0.3, -0.25) is 19.8 Å². The smallest absolute Gasteiger partial charge is 0.242 e. The van der Waals surface area contributed by atoms with Crippen LogP contribution in [0.25, 0.3) is 32.6 Å². The van der Waals surface area contributed by atoms with Crippen LogP contribution in [-0.2, 0) is 0 Å². The molecular weight excluding hydrogens is 725 g/mol. The SMILES string of the molecule is CC[C@H]1CN2CC[C@H]1CC2C(Oc1nnc(OC(c2ccnc3ccc(OC)cc23)C2C[C@@H]3CCN2C[C@@H]3CC)c2ccccc12)c1ccnc2ccc(OC)cc12. The summed E-state index contributed by atoms with van der Waals surface area (Å²) in [6.45, 7) is 9.00. The second-order valence-electron chi connectivity index (χ2n) is 17.0. The lowest BCUT2D eigenvalue weighted by Gasteiger charge is -2.52. The van der Waals surface area contributed by atoms with Gasteiger partial charge in [0.15, 0.2) is 0 Å². The molecule has 10 nitrogen and oxygen atoms in total. The maximum atomic E-state index is 7.30. The number of fused-ring (bicyclic) bond motifs is 9. The molecule has 58 heavy (non-hydrogen) atoms. The van der Waals surface area contributed by atoms with E-state index in [1.807, 2.05) is 36.7 Å². The zero-order chi connectivity index (χ0) is 39.3. The van der Waals surface area contributed by atoms with Gasteiger partial charge in [-0.1, -0.05) is 38.8 Å². The Labute approximate surface area is 340 Å². The molecule has 6 aliphatic heterocycles. The van der Waals surface area contributed by atoms with Crippen LogP contribution in [0.15, 0.2) is 85.2 Å². The van der Waals surface area contributed by atoms with Crippen molar-refractivity contribution in [3.63, 3.8) is 0 Å². The van der Waals surface area contributed by atoms with Gasteiger partial charge >= 0.3 is 0 Å². The Bertz CT molecular complexity index is 2280. The van der Waals surface area contributed by atoms with Crippen molar-refractivity contribution in [1.29, 1.82) is 0 Å². The highest BCUT2D eigenvalue weighted by atomic mass is 16.5. The fourth-order valence-electron chi connectivity index (χ4n) is 11.1. The zero-order valence-electron chi connectivity index (χ0n) is 34.1. The molecule has 6 fully saturated rings. The van der Waals surface area contributed by atoms with Crippen molar-refractivity contribution < 1.29 is 18.9 Å². The van der Waals surface area contributed by atoms with Crippen LogP contribution in [0.4, 0.5) is 0 Å². The lowest BCUT2D eigenvalue weighted by Crippen LogP contribution is -2.56. The van der Waals surface area contributed by atoms with E-state index in [0.717, 1.165) is 94.2 Å². The van der Waals surface area contributed by atoms with E-state index in [1.165, 1.54) is 25.7 Å². The Hall–Kier alpha value is -5.06. The van der Waals surface area contributed by atoms with Crippen molar-refractivity contribution in [3.05, 3.63) is 96.3 Å². The molecule has 3 aromatic carbocycles. The van der Waals surface area contributed by atoms with E-state index in [-0.39, 0.29) is 24.3 Å². The van der Waals surface area contributed by atoms with Crippen molar-refractivity contribution in [3.8, 4) is 23.3 Å². The van der Waals surface area contributed by atoms with Crippen molar-refractivity contribution in [2.45, 2.75) is 76.7 Å². The zero-order valence-corrected chi connectivity index (χ0v) is 34.1. The second kappa shape index (κ2) is 15.6. The predicted molar refractivity (Wildman–Crippen MR) is 227 cm³/mol. The first-order valence-corrected chi connectivity index (χ1v) is 21.5. The fourth-order valence-corrected chi connectivity index (χ4v) is 11.1. The number of pyridine rings is 2. The lowest BCUT2D eigenvalue weighted by atomic mass is 9.72. The molecular formula is C48H54N6O4. The molecule has 9 heterocycles. The number of hydrogen-bond acceptors (Lipinski definition) is 10. The topological polar surface area (TPSA) is 95.0 Å². The molecule has 12 rings (SSSR count). The third-order valence-corrected chi connectivity index (χ3v) is 14.3. The van der Waals surface area contributed by atoms with Gasteiger partial charge < -0.3 is 18.9 Å². The molecule has 10 heteroatoms. The highest BCUT2D eigenvalue weighted by Gasteiger charge is 2.46. The summed E-state index contributed by atoms with van der Waals surface area (Å²) in [5.74, 6) is 5.39. The first-order chi connectivity index (χ1) is 28.5. The molecule has 0 N–H and O–H groups in total. The lowest BCUT2D eigenvalue weighted by molar-refractivity contribution is -0.0505. The first kappa shape index (κ1) is 37.2. The molecule has 6 saturated heterocycles. The largest absolute Gasteiger partial charge is 0.497 e. The van der Waals surface area contributed by atoms with E-state index < -0.39 is 0 Å². The second-order valence-corrected chi connectivity index (χ2v) is 17.0. The van der Waals surface area contributed by atoms with Crippen LogP contribution in [0.2, 0.25) is 0 Å². The van der Waals surface area contributed by atoms with Crippen LogP contribution >= 0.6 is 0 Å². The highest BCUT2D eigenvalue weighted by Crippen LogP contribution is 2.47. The Morgan fingerprint density at radius 3 is 1.47 bits per heavy atom. The maximum absolute atomic E-state index is 7.30. The quantitative estimate of drug-likeness (QED) is 0.120. The number of aromatic nitrogens is 4. The van der Waals surface area contributed by atoms with Gasteiger partial charge in [0.25, 0.3) is 0 Å². The molecule has 6 aliphatic rings. The number of rotatable bonds is 12. The number of benzene rings is 3. The van der Waals surface area contributed by atoms with Crippen molar-refractivity contribution >= 4 is 32.6 Å². The molecule has 6 unspecified atom stereocenters. The van der Waals surface area contributed by atoms with Crippen LogP contribution in [-0.4, -0.2) is 82.4 Å². The predicted octanol–water partition coefficient (Wildman–Crippen LogP) is 9.22. The summed E-state index contributed by atoms with van der Waals surface area (Å²) in [5.41, 5.74) is 4.01. The maximum Gasteiger partial charge on any atom is 0.242 e. The Kier molecular flexibility index (Phi) is 10.0.